The van der Waals surface area contributed by atoms with Crippen molar-refractivity contribution >= 4 is 27.8 Å². The SMILES string of the molecule is COCCNCc1cnc(N(C)Cc2cccs2)s1. The van der Waals surface area contributed by atoms with Crippen molar-refractivity contribution < 1.29 is 4.74 Å². The lowest BCUT2D eigenvalue weighted by molar-refractivity contribution is 0.199. The first kappa shape index (κ1) is 14.5. The quantitative estimate of drug-likeness (QED) is 0.760. The van der Waals surface area contributed by atoms with E-state index >= 15 is 0 Å². The molecular weight excluding hydrogens is 278 g/mol. The minimum atomic E-state index is 0.740. The van der Waals surface area contributed by atoms with E-state index in [1.807, 2.05) is 6.20 Å². The number of thiophene rings is 1. The maximum absolute atomic E-state index is 5.00. The highest BCUT2D eigenvalue weighted by Crippen LogP contribution is 2.23. The molecule has 0 saturated carbocycles. The van der Waals surface area contributed by atoms with Gasteiger partial charge in [-0.25, -0.2) is 4.98 Å². The Bertz CT molecular complexity index is 470. The molecule has 2 heterocycles. The van der Waals surface area contributed by atoms with Gasteiger partial charge < -0.3 is 15.0 Å². The maximum atomic E-state index is 5.00. The van der Waals surface area contributed by atoms with Gasteiger partial charge in [-0.2, -0.15) is 0 Å². The zero-order chi connectivity index (χ0) is 13.5. The van der Waals surface area contributed by atoms with E-state index in [-0.39, 0.29) is 0 Å². The van der Waals surface area contributed by atoms with E-state index in [1.54, 1.807) is 29.8 Å². The van der Waals surface area contributed by atoms with E-state index in [2.05, 4.69) is 39.8 Å². The van der Waals surface area contributed by atoms with Gasteiger partial charge in [0.15, 0.2) is 5.13 Å². The van der Waals surface area contributed by atoms with Crippen LogP contribution in [0.2, 0.25) is 0 Å². The third kappa shape index (κ3) is 4.58. The Kier molecular flexibility index (Phi) is 5.78. The van der Waals surface area contributed by atoms with Crippen LogP contribution in [-0.4, -0.2) is 32.3 Å². The number of ether oxygens (including phenoxy) is 1. The molecule has 0 aliphatic heterocycles. The summed E-state index contributed by atoms with van der Waals surface area (Å²) in [4.78, 5) is 9.28. The number of aromatic nitrogens is 1. The molecule has 0 radical (unpaired) electrons. The molecule has 6 heteroatoms. The molecular formula is C13H19N3OS2. The zero-order valence-electron chi connectivity index (χ0n) is 11.3. The van der Waals surface area contributed by atoms with Gasteiger partial charge in [0.25, 0.3) is 0 Å². The molecule has 1 N–H and O–H groups in total. The van der Waals surface area contributed by atoms with Crippen LogP contribution in [0.15, 0.2) is 23.7 Å². The Labute approximate surface area is 122 Å². The molecule has 0 aliphatic rings. The van der Waals surface area contributed by atoms with Gasteiger partial charge in [0.05, 0.1) is 13.2 Å². The fourth-order valence-electron chi connectivity index (χ4n) is 1.65. The average molecular weight is 297 g/mol. The predicted molar refractivity (Wildman–Crippen MR) is 82.1 cm³/mol. The number of nitrogens with one attached hydrogen (secondary N) is 1. The highest BCUT2D eigenvalue weighted by Gasteiger charge is 2.08. The predicted octanol–water partition coefficient (Wildman–Crippen LogP) is 2.58. The van der Waals surface area contributed by atoms with Crippen LogP contribution in [0.25, 0.3) is 0 Å². The summed E-state index contributed by atoms with van der Waals surface area (Å²) in [5.74, 6) is 0. The lowest BCUT2D eigenvalue weighted by Gasteiger charge is -2.13. The van der Waals surface area contributed by atoms with Crippen molar-refractivity contribution in [1.29, 1.82) is 0 Å². The van der Waals surface area contributed by atoms with Gasteiger partial charge in [0.1, 0.15) is 0 Å². The van der Waals surface area contributed by atoms with E-state index in [0.29, 0.717) is 0 Å². The van der Waals surface area contributed by atoms with Gasteiger partial charge in [-0.3, -0.25) is 0 Å². The van der Waals surface area contributed by atoms with Crippen molar-refractivity contribution in [2.45, 2.75) is 13.1 Å². The average Bonchev–Trinajstić information content (AvgIpc) is 3.05. The molecule has 0 amide bonds. The van der Waals surface area contributed by atoms with Gasteiger partial charge in [0, 0.05) is 43.2 Å². The number of hydrogen-bond acceptors (Lipinski definition) is 6. The lowest BCUT2D eigenvalue weighted by atomic mass is 10.4. The fraction of sp³-hybridized carbons (Fsp3) is 0.462. The van der Waals surface area contributed by atoms with Gasteiger partial charge in [0.2, 0.25) is 0 Å². The topological polar surface area (TPSA) is 37.4 Å². The first-order valence-electron chi connectivity index (χ1n) is 6.17. The standard InChI is InChI=1S/C13H19N3OS2/c1-16(10-11-4-3-7-18-11)13-15-9-12(19-13)8-14-5-6-17-2/h3-4,7,9,14H,5-6,8,10H2,1-2H3. The second kappa shape index (κ2) is 7.59. The van der Waals surface area contributed by atoms with Crippen molar-refractivity contribution in [3.05, 3.63) is 33.5 Å². The highest BCUT2D eigenvalue weighted by molar-refractivity contribution is 7.15. The van der Waals surface area contributed by atoms with E-state index in [9.17, 15) is 0 Å². The Balaban J connectivity index is 1.82. The Hall–Kier alpha value is -0.950. The minimum absolute atomic E-state index is 0.740. The number of anilines is 1. The lowest BCUT2D eigenvalue weighted by Crippen LogP contribution is -2.17. The maximum Gasteiger partial charge on any atom is 0.185 e. The molecule has 2 aromatic rings. The number of methoxy groups -OCH3 is 1. The molecule has 0 aromatic carbocycles. The van der Waals surface area contributed by atoms with E-state index < -0.39 is 0 Å². The second-order valence-corrected chi connectivity index (χ2v) is 6.34. The number of rotatable bonds is 8. The highest BCUT2D eigenvalue weighted by atomic mass is 32.1. The molecule has 0 saturated heterocycles. The normalized spacial score (nSPS) is 10.8. The van der Waals surface area contributed by atoms with Crippen LogP contribution >= 0.6 is 22.7 Å². The minimum Gasteiger partial charge on any atom is -0.383 e. The summed E-state index contributed by atoms with van der Waals surface area (Å²) in [6.07, 6.45) is 1.95. The number of thiazole rings is 1. The molecule has 2 rings (SSSR count). The van der Waals surface area contributed by atoms with Crippen molar-refractivity contribution in [1.82, 2.24) is 10.3 Å². The van der Waals surface area contributed by atoms with Crippen LogP contribution in [0.4, 0.5) is 5.13 Å². The summed E-state index contributed by atoms with van der Waals surface area (Å²) in [5.41, 5.74) is 0. The summed E-state index contributed by atoms with van der Waals surface area (Å²) in [7, 11) is 3.80. The summed E-state index contributed by atoms with van der Waals surface area (Å²) < 4.78 is 5.00. The first-order chi connectivity index (χ1) is 9.29. The van der Waals surface area contributed by atoms with Crippen LogP contribution in [0.5, 0.6) is 0 Å². The molecule has 0 unspecified atom stereocenters. The first-order valence-corrected chi connectivity index (χ1v) is 7.87. The molecule has 0 atom stereocenters. The van der Waals surface area contributed by atoms with Crippen molar-refractivity contribution in [2.24, 2.45) is 0 Å². The summed E-state index contributed by atoms with van der Waals surface area (Å²) in [5, 5.41) is 6.50. The molecule has 0 aliphatic carbocycles. The van der Waals surface area contributed by atoms with Gasteiger partial charge >= 0.3 is 0 Å². The van der Waals surface area contributed by atoms with Crippen molar-refractivity contribution in [2.75, 3.05) is 32.2 Å². The Morgan fingerprint density at radius 2 is 2.32 bits per heavy atom. The summed E-state index contributed by atoms with van der Waals surface area (Å²) in [6.45, 7) is 3.38. The van der Waals surface area contributed by atoms with Crippen LogP contribution in [0.1, 0.15) is 9.75 Å². The van der Waals surface area contributed by atoms with Crippen molar-refractivity contribution in [3.63, 3.8) is 0 Å². The van der Waals surface area contributed by atoms with E-state index in [4.69, 9.17) is 4.74 Å². The zero-order valence-corrected chi connectivity index (χ0v) is 12.9. The molecule has 0 bridgehead atoms. The van der Waals surface area contributed by atoms with Crippen LogP contribution in [-0.2, 0) is 17.8 Å². The van der Waals surface area contributed by atoms with Gasteiger partial charge in [-0.1, -0.05) is 6.07 Å². The second-order valence-electron chi connectivity index (χ2n) is 4.21. The van der Waals surface area contributed by atoms with Gasteiger partial charge in [-0.15, -0.1) is 22.7 Å². The molecule has 0 fully saturated rings. The van der Waals surface area contributed by atoms with E-state index in [0.717, 1.165) is 31.4 Å². The van der Waals surface area contributed by atoms with Crippen LogP contribution < -0.4 is 10.2 Å². The molecule has 19 heavy (non-hydrogen) atoms. The Morgan fingerprint density at radius 3 is 3.05 bits per heavy atom. The third-order valence-corrected chi connectivity index (χ3v) is 4.60. The van der Waals surface area contributed by atoms with Crippen LogP contribution in [0, 0.1) is 0 Å². The summed E-state index contributed by atoms with van der Waals surface area (Å²) in [6, 6.07) is 4.24. The molecule has 104 valence electrons. The fourth-order valence-corrected chi connectivity index (χ4v) is 3.24. The van der Waals surface area contributed by atoms with E-state index in [1.165, 1.54) is 9.75 Å². The molecule has 4 nitrogen and oxygen atoms in total. The smallest absolute Gasteiger partial charge is 0.185 e. The van der Waals surface area contributed by atoms with Crippen LogP contribution in [0.3, 0.4) is 0 Å². The Morgan fingerprint density at radius 1 is 1.42 bits per heavy atom. The van der Waals surface area contributed by atoms with Crippen molar-refractivity contribution in [3.8, 4) is 0 Å². The molecule has 2 aromatic heterocycles. The number of hydrogen-bond donors (Lipinski definition) is 1. The third-order valence-electron chi connectivity index (χ3n) is 2.62. The monoisotopic (exact) mass is 297 g/mol. The van der Waals surface area contributed by atoms with Gasteiger partial charge in [-0.05, 0) is 11.4 Å². The largest absolute Gasteiger partial charge is 0.383 e. The summed E-state index contributed by atoms with van der Waals surface area (Å²) >= 11 is 3.52. The molecule has 0 spiro atoms. The number of nitrogens with zero attached hydrogens (tertiary/aromatic N) is 2.